The molecule has 1 aromatic heterocycles. The average molecular weight is 299 g/mol. The normalized spacial score (nSPS) is 11.7. The van der Waals surface area contributed by atoms with Crippen molar-refractivity contribution in [1.82, 2.24) is 15.6 Å². The van der Waals surface area contributed by atoms with Crippen molar-refractivity contribution < 1.29 is 9.90 Å². The van der Waals surface area contributed by atoms with Gasteiger partial charge in [-0.25, -0.2) is 4.79 Å². The number of rotatable bonds is 6. The third-order valence-electron chi connectivity index (χ3n) is 3.43. The molecule has 5 nitrogen and oxygen atoms in total. The van der Waals surface area contributed by atoms with Gasteiger partial charge in [-0.1, -0.05) is 30.3 Å². The summed E-state index contributed by atoms with van der Waals surface area (Å²) in [7, 11) is 0. The summed E-state index contributed by atoms with van der Waals surface area (Å²) in [5.41, 5.74) is 2.91. The predicted molar refractivity (Wildman–Crippen MR) is 85.5 cm³/mol. The number of carbonyl (C=O) groups is 1. The molecular formula is C17H21N3O2. The molecule has 5 heteroatoms. The number of aliphatic hydroxyl groups excluding tert-OH is 1. The number of carbonyl (C=O) groups excluding carboxylic acids is 1. The summed E-state index contributed by atoms with van der Waals surface area (Å²) in [6.07, 6.45) is 3.52. The highest BCUT2D eigenvalue weighted by molar-refractivity contribution is 5.73. The van der Waals surface area contributed by atoms with Crippen molar-refractivity contribution in [2.24, 2.45) is 0 Å². The highest BCUT2D eigenvalue weighted by atomic mass is 16.3. The molecule has 0 aliphatic heterocycles. The Kier molecular flexibility index (Phi) is 5.91. The standard InChI is InChI=1S/C17H21N3O2/c1-13-5-2-3-7-15(13)16(21)12-20-17(22)19-10-8-14-6-4-9-18-11-14/h2-7,9,11,16,21H,8,10,12H2,1H3,(H2,19,20,22). The minimum Gasteiger partial charge on any atom is -0.387 e. The summed E-state index contributed by atoms with van der Waals surface area (Å²) < 4.78 is 0. The van der Waals surface area contributed by atoms with Crippen molar-refractivity contribution in [2.75, 3.05) is 13.1 Å². The first-order valence-electron chi connectivity index (χ1n) is 7.31. The molecule has 0 spiro atoms. The van der Waals surface area contributed by atoms with Gasteiger partial charge in [0, 0.05) is 25.5 Å². The number of hydrogen-bond acceptors (Lipinski definition) is 3. The third kappa shape index (κ3) is 4.86. The van der Waals surface area contributed by atoms with E-state index in [0.29, 0.717) is 6.54 Å². The zero-order valence-electron chi connectivity index (χ0n) is 12.6. The van der Waals surface area contributed by atoms with Crippen molar-refractivity contribution in [3.05, 3.63) is 65.5 Å². The second-order valence-corrected chi connectivity index (χ2v) is 5.12. The van der Waals surface area contributed by atoms with Crippen LogP contribution in [0.1, 0.15) is 22.8 Å². The van der Waals surface area contributed by atoms with E-state index in [2.05, 4.69) is 15.6 Å². The lowest BCUT2D eigenvalue weighted by Crippen LogP contribution is -2.38. The second kappa shape index (κ2) is 8.14. The molecule has 0 aliphatic rings. The van der Waals surface area contributed by atoms with Crippen LogP contribution in [0.25, 0.3) is 0 Å². The maximum atomic E-state index is 11.7. The number of pyridine rings is 1. The quantitative estimate of drug-likeness (QED) is 0.763. The van der Waals surface area contributed by atoms with Crippen molar-refractivity contribution >= 4 is 6.03 Å². The Morgan fingerprint density at radius 2 is 2.05 bits per heavy atom. The van der Waals surface area contributed by atoms with Gasteiger partial charge in [-0.3, -0.25) is 4.98 Å². The Bertz CT molecular complexity index is 602. The maximum Gasteiger partial charge on any atom is 0.314 e. The van der Waals surface area contributed by atoms with E-state index in [9.17, 15) is 9.90 Å². The van der Waals surface area contributed by atoms with Gasteiger partial charge in [0.25, 0.3) is 0 Å². The number of amides is 2. The van der Waals surface area contributed by atoms with Crippen LogP contribution >= 0.6 is 0 Å². The van der Waals surface area contributed by atoms with Crippen LogP contribution in [0.15, 0.2) is 48.8 Å². The van der Waals surface area contributed by atoms with E-state index in [1.54, 1.807) is 12.4 Å². The first-order valence-corrected chi connectivity index (χ1v) is 7.31. The topological polar surface area (TPSA) is 74.2 Å². The van der Waals surface area contributed by atoms with Crippen molar-refractivity contribution in [3.63, 3.8) is 0 Å². The molecule has 2 amide bonds. The molecule has 1 unspecified atom stereocenters. The van der Waals surface area contributed by atoms with E-state index in [0.717, 1.165) is 23.1 Å². The van der Waals surface area contributed by atoms with Crippen LogP contribution < -0.4 is 10.6 Å². The fourth-order valence-corrected chi connectivity index (χ4v) is 2.19. The summed E-state index contributed by atoms with van der Waals surface area (Å²) in [6, 6.07) is 11.2. The summed E-state index contributed by atoms with van der Waals surface area (Å²) in [6.45, 7) is 2.65. The number of aromatic nitrogens is 1. The Hall–Kier alpha value is -2.40. The molecule has 2 rings (SSSR count). The number of nitrogens with one attached hydrogen (secondary N) is 2. The van der Waals surface area contributed by atoms with E-state index in [-0.39, 0.29) is 12.6 Å². The molecule has 0 aliphatic carbocycles. The summed E-state index contributed by atoms with van der Waals surface area (Å²) in [4.78, 5) is 15.7. The lowest BCUT2D eigenvalue weighted by atomic mass is 10.0. The van der Waals surface area contributed by atoms with Gasteiger partial charge in [-0.2, -0.15) is 0 Å². The average Bonchev–Trinajstić information content (AvgIpc) is 2.54. The fraction of sp³-hybridized carbons (Fsp3) is 0.294. The SMILES string of the molecule is Cc1ccccc1C(O)CNC(=O)NCCc1cccnc1. The van der Waals surface area contributed by atoms with Gasteiger partial charge in [0.2, 0.25) is 0 Å². The zero-order valence-corrected chi connectivity index (χ0v) is 12.6. The summed E-state index contributed by atoms with van der Waals surface area (Å²) in [5.74, 6) is 0. The van der Waals surface area contributed by atoms with E-state index >= 15 is 0 Å². The Balaban J connectivity index is 1.70. The smallest absolute Gasteiger partial charge is 0.314 e. The molecule has 2 aromatic rings. The number of benzene rings is 1. The molecule has 1 aromatic carbocycles. The molecule has 22 heavy (non-hydrogen) atoms. The highest BCUT2D eigenvalue weighted by Crippen LogP contribution is 2.15. The van der Waals surface area contributed by atoms with Gasteiger partial charge < -0.3 is 15.7 Å². The molecule has 0 fully saturated rings. The fourth-order valence-electron chi connectivity index (χ4n) is 2.19. The third-order valence-corrected chi connectivity index (χ3v) is 3.43. The number of hydrogen-bond donors (Lipinski definition) is 3. The van der Waals surface area contributed by atoms with Crippen molar-refractivity contribution in [3.8, 4) is 0 Å². The molecule has 0 saturated heterocycles. The predicted octanol–water partition coefficient (Wildman–Crippen LogP) is 1.97. The Morgan fingerprint density at radius 1 is 1.23 bits per heavy atom. The lowest BCUT2D eigenvalue weighted by Gasteiger charge is -2.15. The molecule has 1 heterocycles. The number of nitrogens with zero attached hydrogens (tertiary/aromatic N) is 1. The van der Waals surface area contributed by atoms with Gasteiger partial charge in [-0.05, 0) is 36.1 Å². The zero-order chi connectivity index (χ0) is 15.8. The van der Waals surface area contributed by atoms with E-state index in [4.69, 9.17) is 0 Å². The number of aliphatic hydroxyl groups is 1. The highest BCUT2D eigenvalue weighted by Gasteiger charge is 2.11. The van der Waals surface area contributed by atoms with Gasteiger partial charge >= 0.3 is 6.03 Å². The number of urea groups is 1. The Labute approximate surface area is 130 Å². The maximum absolute atomic E-state index is 11.7. The van der Waals surface area contributed by atoms with Crippen LogP contribution in [-0.4, -0.2) is 29.2 Å². The van der Waals surface area contributed by atoms with Gasteiger partial charge in [0.1, 0.15) is 0 Å². The number of aryl methyl sites for hydroxylation is 1. The van der Waals surface area contributed by atoms with Gasteiger partial charge in [0.15, 0.2) is 0 Å². The molecular weight excluding hydrogens is 278 g/mol. The van der Waals surface area contributed by atoms with Crippen LogP contribution in [0, 0.1) is 6.92 Å². The van der Waals surface area contributed by atoms with Crippen molar-refractivity contribution in [1.29, 1.82) is 0 Å². The van der Waals surface area contributed by atoms with Gasteiger partial charge in [0.05, 0.1) is 6.10 Å². The minimum absolute atomic E-state index is 0.184. The monoisotopic (exact) mass is 299 g/mol. The molecule has 3 N–H and O–H groups in total. The summed E-state index contributed by atoms with van der Waals surface area (Å²) >= 11 is 0. The molecule has 116 valence electrons. The first kappa shape index (κ1) is 16.0. The van der Waals surface area contributed by atoms with E-state index in [1.807, 2.05) is 43.3 Å². The van der Waals surface area contributed by atoms with Crippen LogP contribution in [0.2, 0.25) is 0 Å². The first-order chi connectivity index (χ1) is 10.7. The van der Waals surface area contributed by atoms with E-state index in [1.165, 1.54) is 0 Å². The Morgan fingerprint density at radius 3 is 2.77 bits per heavy atom. The molecule has 0 radical (unpaired) electrons. The van der Waals surface area contributed by atoms with Crippen molar-refractivity contribution in [2.45, 2.75) is 19.4 Å². The van der Waals surface area contributed by atoms with Crippen LogP contribution in [0.4, 0.5) is 4.79 Å². The van der Waals surface area contributed by atoms with Crippen LogP contribution in [0.5, 0.6) is 0 Å². The minimum atomic E-state index is -0.703. The van der Waals surface area contributed by atoms with Crippen LogP contribution in [0.3, 0.4) is 0 Å². The van der Waals surface area contributed by atoms with Crippen LogP contribution in [-0.2, 0) is 6.42 Å². The largest absolute Gasteiger partial charge is 0.387 e. The summed E-state index contributed by atoms with van der Waals surface area (Å²) in [5, 5.41) is 15.5. The lowest BCUT2D eigenvalue weighted by molar-refractivity contribution is 0.172. The molecule has 1 atom stereocenters. The van der Waals surface area contributed by atoms with E-state index < -0.39 is 6.10 Å². The second-order valence-electron chi connectivity index (χ2n) is 5.12. The van der Waals surface area contributed by atoms with Gasteiger partial charge in [-0.15, -0.1) is 0 Å². The molecule has 0 bridgehead atoms. The molecule has 0 saturated carbocycles.